The molecule has 3 heterocycles. The van der Waals surface area contributed by atoms with E-state index in [0.29, 0.717) is 37.7 Å². The third-order valence-electron chi connectivity index (χ3n) is 5.08. The van der Waals surface area contributed by atoms with E-state index in [-0.39, 0.29) is 24.0 Å². The van der Waals surface area contributed by atoms with Crippen LogP contribution in [0.15, 0.2) is 24.5 Å². The summed E-state index contributed by atoms with van der Waals surface area (Å²) in [5, 5.41) is 10.1. The minimum absolute atomic E-state index is 0.00209. The van der Waals surface area contributed by atoms with Gasteiger partial charge in [-0.2, -0.15) is 13.2 Å². The molecule has 0 aliphatic carbocycles. The molecule has 2 aliphatic rings. The number of nitrogens with zero attached hydrogens (tertiary/aromatic N) is 2. The Labute approximate surface area is 176 Å². The van der Waals surface area contributed by atoms with Crippen LogP contribution < -0.4 is 5.32 Å². The zero-order chi connectivity index (χ0) is 23.1. The highest BCUT2D eigenvalue weighted by Gasteiger charge is 2.53. The number of methoxy groups -OCH3 is 1. The van der Waals surface area contributed by atoms with Gasteiger partial charge in [0.15, 0.2) is 0 Å². The monoisotopic (exact) mass is 447 g/mol. The van der Waals surface area contributed by atoms with Crippen molar-refractivity contribution in [3.8, 4) is 0 Å². The summed E-state index contributed by atoms with van der Waals surface area (Å²) in [7, 11) is 1.52. The Kier molecular flexibility index (Phi) is 8.34. The zero-order valence-electron chi connectivity index (χ0n) is 16.9. The Morgan fingerprint density at radius 3 is 2.61 bits per heavy atom. The second-order valence-corrected chi connectivity index (χ2v) is 7.17. The third kappa shape index (κ3) is 6.62. The number of carbonyl (C=O) groups excluding carboxylic acids is 2. The van der Waals surface area contributed by atoms with Crippen molar-refractivity contribution in [3.05, 3.63) is 30.1 Å². The van der Waals surface area contributed by atoms with Crippen LogP contribution in [0, 0.1) is 5.92 Å². The van der Waals surface area contributed by atoms with Crippen LogP contribution in [-0.2, 0) is 19.1 Å². The lowest BCUT2D eigenvalue weighted by Crippen LogP contribution is -2.66. The van der Waals surface area contributed by atoms with E-state index in [0.717, 1.165) is 12.8 Å². The van der Waals surface area contributed by atoms with E-state index in [1.807, 2.05) is 0 Å². The molecule has 2 saturated heterocycles. The molecule has 172 valence electrons. The lowest BCUT2D eigenvalue weighted by atomic mass is 9.79. The van der Waals surface area contributed by atoms with Gasteiger partial charge >= 0.3 is 12.1 Å². The Balaban J connectivity index is 0.000000423. The standard InChI is InChI=1S/C17H23N3O4.C2HF3O2/c1-23-10-15(21)20-11-17(12-20)14(5-8-24-17)4-7-19-16(22)13-3-2-6-18-9-13;3-2(4,5)1(6)7/h2-3,6,9,14H,4-5,7-8,10-12H2,1H3,(H,19,22);(H,6,7). The topological polar surface area (TPSA) is 118 Å². The second kappa shape index (κ2) is 10.5. The molecule has 3 rings (SSSR count). The average Bonchev–Trinajstić information content (AvgIpc) is 3.11. The van der Waals surface area contributed by atoms with Crippen molar-refractivity contribution in [2.24, 2.45) is 5.92 Å². The summed E-state index contributed by atoms with van der Waals surface area (Å²) >= 11 is 0. The van der Waals surface area contributed by atoms with Crippen LogP contribution in [-0.4, -0.2) is 84.5 Å². The molecule has 0 radical (unpaired) electrons. The highest BCUT2D eigenvalue weighted by Crippen LogP contribution is 2.41. The van der Waals surface area contributed by atoms with Crippen LogP contribution in [0.1, 0.15) is 23.2 Å². The molecule has 1 atom stereocenters. The fourth-order valence-electron chi connectivity index (χ4n) is 3.49. The van der Waals surface area contributed by atoms with Gasteiger partial charge in [0.05, 0.1) is 18.7 Å². The van der Waals surface area contributed by atoms with Crippen molar-refractivity contribution in [1.29, 1.82) is 0 Å². The second-order valence-electron chi connectivity index (χ2n) is 7.17. The number of carboxylic acid groups (broad SMARTS) is 1. The largest absolute Gasteiger partial charge is 0.490 e. The van der Waals surface area contributed by atoms with Crippen molar-refractivity contribution in [1.82, 2.24) is 15.2 Å². The average molecular weight is 447 g/mol. The molecule has 2 N–H and O–H groups in total. The number of hydrogen-bond acceptors (Lipinski definition) is 6. The number of aromatic nitrogens is 1. The number of halogens is 3. The third-order valence-corrected chi connectivity index (χ3v) is 5.08. The minimum atomic E-state index is -5.08. The molecule has 9 nitrogen and oxygen atoms in total. The minimum Gasteiger partial charge on any atom is -0.475 e. The van der Waals surface area contributed by atoms with Crippen LogP contribution in [0.3, 0.4) is 0 Å². The van der Waals surface area contributed by atoms with Crippen LogP contribution >= 0.6 is 0 Å². The number of alkyl halides is 3. The van der Waals surface area contributed by atoms with Gasteiger partial charge in [-0.1, -0.05) is 0 Å². The predicted octanol–water partition coefficient (Wildman–Crippen LogP) is 1.10. The lowest BCUT2D eigenvalue weighted by molar-refractivity contribution is -0.192. The van der Waals surface area contributed by atoms with Crippen LogP contribution in [0.4, 0.5) is 13.2 Å². The Bertz CT molecular complexity index is 769. The molecule has 1 aromatic rings. The maximum atomic E-state index is 12.0. The molecule has 0 aromatic carbocycles. The summed E-state index contributed by atoms with van der Waals surface area (Å²) in [6, 6.07) is 3.49. The van der Waals surface area contributed by atoms with E-state index in [1.54, 1.807) is 29.4 Å². The van der Waals surface area contributed by atoms with Crippen LogP contribution in [0.2, 0.25) is 0 Å². The first-order valence-corrected chi connectivity index (χ1v) is 9.48. The number of carboxylic acids is 1. The lowest BCUT2D eigenvalue weighted by Gasteiger charge is -2.50. The van der Waals surface area contributed by atoms with Crippen molar-refractivity contribution in [2.75, 3.05) is 40.0 Å². The maximum absolute atomic E-state index is 12.0. The molecule has 1 aromatic heterocycles. The summed E-state index contributed by atoms with van der Waals surface area (Å²) in [5.41, 5.74) is 0.331. The van der Waals surface area contributed by atoms with Gasteiger partial charge in [-0.25, -0.2) is 4.79 Å². The van der Waals surface area contributed by atoms with E-state index < -0.39 is 12.1 Å². The van der Waals surface area contributed by atoms with Gasteiger partial charge in [0, 0.05) is 32.7 Å². The first-order valence-electron chi connectivity index (χ1n) is 9.48. The van der Waals surface area contributed by atoms with E-state index in [1.165, 1.54) is 7.11 Å². The molecular formula is C19H24F3N3O6. The Hall–Kier alpha value is -2.73. The molecule has 2 aliphatic heterocycles. The summed E-state index contributed by atoms with van der Waals surface area (Å²) < 4.78 is 42.6. The van der Waals surface area contributed by atoms with Gasteiger partial charge in [0.25, 0.3) is 5.91 Å². The number of carbonyl (C=O) groups is 3. The number of likely N-dealkylation sites (tertiary alicyclic amines) is 1. The van der Waals surface area contributed by atoms with Crippen molar-refractivity contribution >= 4 is 17.8 Å². The maximum Gasteiger partial charge on any atom is 0.490 e. The number of amides is 2. The molecule has 2 amide bonds. The SMILES string of the molecule is COCC(=O)N1CC2(C1)OCCC2CCNC(=O)c1cccnc1.O=C(O)C(F)(F)F. The molecule has 1 unspecified atom stereocenters. The Morgan fingerprint density at radius 2 is 2.06 bits per heavy atom. The molecule has 1 spiro atoms. The fraction of sp³-hybridized carbons (Fsp3) is 0.579. The molecule has 2 fully saturated rings. The van der Waals surface area contributed by atoms with Crippen molar-refractivity contribution in [3.63, 3.8) is 0 Å². The number of pyridine rings is 1. The Morgan fingerprint density at radius 1 is 1.39 bits per heavy atom. The van der Waals surface area contributed by atoms with Crippen molar-refractivity contribution < 1.29 is 42.1 Å². The van der Waals surface area contributed by atoms with Gasteiger partial charge in [-0.05, 0) is 30.9 Å². The number of rotatable bonds is 6. The number of aliphatic carboxylic acids is 1. The number of ether oxygens (including phenoxy) is 2. The zero-order valence-corrected chi connectivity index (χ0v) is 16.9. The first kappa shape index (κ1) is 24.5. The quantitative estimate of drug-likeness (QED) is 0.671. The molecule has 31 heavy (non-hydrogen) atoms. The highest BCUT2D eigenvalue weighted by molar-refractivity contribution is 5.93. The molecule has 0 saturated carbocycles. The van der Waals surface area contributed by atoms with E-state index in [4.69, 9.17) is 19.4 Å². The summed E-state index contributed by atoms with van der Waals surface area (Å²) in [6.07, 6.45) is -0.0717. The summed E-state index contributed by atoms with van der Waals surface area (Å²) in [4.78, 5) is 38.5. The van der Waals surface area contributed by atoms with Crippen molar-refractivity contribution in [2.45, 2.75) is 24.6 Å². The highest BCUT2D eigenvalue weighted by atomic mass is 19.4. The van der Waals surface area contributed by atoms with Gasteiger partial charge in [-0.3, -0.25) is 14.6 Å². The van der Waals surface area contributed by atoms with Gasteiger partial charge in [-0.15, -0.1) is 0 Å². The van der Waals surface area contributed by atoms with E-state index in [9.17, 15) is 22.8 Å². The fourth-order valence-corrected chi connectivity index (χ4v) is 3.49. The van der Waals surface area contributed by atoms with Crippen LogP contribution in [0.5, 0.6) is 0 Å². The smallest absolute Gasteiger partial charge is 0.475 e. The van der Waals surface area contributed by atoms with E-state index in [2.05, 4.69) is 10.3 Å². The normalized spacial score (nSPS) is 19.2. The summed E-state index contributed by atoms with van der Waals surface area (Å²) in [5.74, 6) is -2.50. The number of hydrogen-bond donors (Lipinski definition) is 2. The van der Waals surface area contributed by atoms with Gasteiger partial charge < -0.3 is 24.8 Å². The molecule has 0 bridgehead atoms. The van der Waals surface area contributed by atoms with E-state index >= 15 is 0 Å². The van der Waals surface area contributed by atoms with Gasteiger partial charge in [0.2, 0.25) is 5.91 Å². The van der Waals surface area contributed by atoms with Crippen LogP contribution in [0.25, 0.3) is 0 Å². The molecule has 12 heteroatoms. The summed E-state index contributed by atoms with van der Waals surface area (Å²) in [6.45, 7) is 2.66. The predicted molar refractivity (Wildman–Crippen MR) is 100 cm³/mol. The number of nitrogens with one attached hydrogen (secondary N) is 1. The first-order chi connectivity index (χ1) is 14.6. The molecular weight excluding hydrogens is 423 g/mol. The van der Waals surface area contributed by atoms with Gasteiger partial charge in [0.1, 0.15) is 12.2 Å².